The molecule has 2 aromatic rings. The molecule has 1 unspecified atom stereocenters. The molecule has 0 saturated carbocycles. The van der Waals surface area contributed by atoms with Crippen molar-refractivity contribution in [3.05, 3.63) is 65.2 Å². The predicted octanol–water partition coefficient (Wildman–Crippen LogP) is 3.86. The van der Waals surface area contributed by atoms with E-state index >= 15 is 0 Å². The predicted molar refractivity (Wildman–Crippen MR) is 84.2 cm³/mol. The van der Waals surface area contributed by atoms with Crippen molar-refractivity contribution < 1.29 is 4.74 Å². The minimum atomic E-state index is 0.152. The SMILES string of the molecule is Cc1ccc(C)c(OC(C)CNCc2ccccc2)c1. The number of nitrogens with one attached hydrogen (secondary N) is 1. The average Bonchev–Trinajstić information content (AvgIpc) is 2.44. The van der Waals surface area contributed by atoms with Gasteiger partial charge in [-0.2, -0.15) is 0 Å². The van der Waals surface area contributed by atoms with Gasteiger partial charge in [0.1, 0.15) is 11.9 Å². The first-order valence-electron chi connectivity index (χ1n) is 7.13. The number of aryl methyl sites for hydroxylation is 2. The lowest BCUT2D eigenvalue weighted by Crippen LogP contribution is -2.28. The van der Waals surface area contributed by atoms with Crippen molar-refractivity contribution in [2.75, 3.05) is 6.54 Å². The van der Waals surface area contributed by atoms with E-state index in [9.17, 15) is 0 Å². The van der Waals surface area contributed by atoms with Crippen LogP contribution in [0.2, 0.25) is 0 Å². The summed E-state index contributed by atoms with van der Waals surface area (Å²) in [6.07, 6.45) is 0.152. The first-order chi connectivity index (χ1) is 9.65. The van der Waals surface area contributed by atoms with Crippen molar-refractivity contribution in [2.45, 2.75) is 33.4 Å². The van der Waals surface area contributed by atoms with Crippen LogP contribution in [0.5, 0.6) is 5.75 Å². The van der Waals surface area contributed by atoms with Crippen LogP contribution in [0, 0.1) is 13.8 Å². The van der Waals surface area contributed by atoms with Crippen molar-refractivity contribution in [1.82, 2.24) is 5.32 Å². The van der Waals surface area contributed by atoms with Crippen LogP contribution >= 0.6 is 0 Å². The monoisotopic (exact) mass is 269 g/mol. The topological polar surface area (TPSA) is 21.3 Å². The van der Waals surface area contributed by atoms with Crippen molar-refractivity contribution in [3.63, 3.8) is 0 Å². The van der Waals surface area contributed by atoms with E-state index in [4.69, 9.17) is 4.74 Å². The Kier molecular flexibility index (Phi) is 5.19. The van der Waals surface area contributed by atoms with E-state index in [1.807, 2.05) is 6.07 Å². The smallest absolute Gasteiger partial charge is 0.122 e. The Balaban J connectivity index is 1.80. The molecule has 2 heteroatoms. The standard InChI is InChI=1S/C18H23NO/c1-14-9-10-15(2)18(11-14)20-16(3)12-19-13-17-7-5-4-6-8-17/h4-11,16,19H,12-13H2,1-3H3. The molecule has 0 heterocycles. The normalized spacial score (nSPS) is 12.2. The van der Waals surface area contributed by atoms with E-state index in [2.05, 4.69) is 68.6 Å². The zero-order valence-electron chi connectivity index (χ0n) is 12.5. The summed E-state index contributed by atoms with van der Waals surface area (Å²) >= 11 is 0. The van der Waals surface area contributed by atoms with Crippen LogP contribution in [-0.2, 0) is 6.54 Å². The maximum atomic E-state index is 6.00. The quantitative estimate of drug-likeness (QED) is 0.859. The summed E-state index contributed by atoms with van der Waals surface area (Å²) in [5.41, 5.74) is 3.71. The van der Waals surface area contributed by atoms with Crippen LogP contribution in [0.15, 0.2) is 48.5 Å². The summed E-state index contributed by atoms with van der Waals surface area (Å²) in [6.45, 7) is 7.98. The highest BCUT2D eigenvalue weighted by Crippen LogP contribution is 2.20. The number of ether oxygens (including phenoxy) is 1. The van der Waals surface area contributed by atoms with Gasteiger partial charge in [-0.1, -0.05) is 42.5 Å². The van der Waals surface area contributed by atoms with Crippen LogP contribution in [0.25, 0.3) is 0 Å². The second-order valence-corrected chi connectivity index (χ2v) is 5.31. The fourth-order valence-corrected chi connectivity index (χ4v) is 2.11. The Morgan fingerprint density at radius 1 is 1.05 bits per heavy atom. The van der Waals surface area contributed by atoms with Gasteiger partial charge in [0, 0.05) is 13.1 Å². The van der Waals surface area contributed by atoms with Crippen LogP contribution < -0.4 is 10.1 Å². The second-order valence-electron chi connectivity index (χ2n) is 5.31. The van der Waals surface area contributed by atoms with Crippen molar-refractivity contribution >= 4 is 0 Å². The Morgan fingerprint density at radius 2 is 1.80 bits per heavy atom. The molecule has 0 aliphatic rings. The van der Waals surface area contributed by atoms with Gasteiger partial charge in [-0.05, 0) is 43.5 Å². The molecule has 0 aliphatic heterocycles. The van der Waals surface area contributed by atoms with Crippen LogP contribution in [-0.4, -0.2) is 12.6 Å². The second kappa shape index (κ2) is 7.11. The van der Waals surface area contributed by atoms with E-state index in [1.54, 1.807) is 0 Å². The molecule has 2 aromatic carbocycles. The zero-order chi connectivity index (χ0) is 14.4. The molecule has 0 radical (unpaired) electrons. The molecule has 0 spiro atoms. The van der Waals surface area contributed by atoms with Crippen LogP contribution in [0.3, 0.4) is 0 Å². The molecule has 0 aromatic heterocycles. The highest BCUT2D eigenvalue weighted by Gasteiger charge is 2.06. The third-order valence-corrected chi connectivity index (χ3v) is 3.28. The van der Waals surface area contributed by atoms with Crippen molar-refractivity contribution in [1.29, 1.82) is 0 Å². The average molecular weight is 269 g/mol. The van der Waals surface area contributed by atoms with Gasteiger partial charge in [0.25, 0.3) is 0 Å². The van der Waals surface area contributed by atoms with E-state index in [-0.39, 0.29) is 6.10 Å². The largest absolute Gasteiger partial charge is 0.489 e. The number of rotatable bonds is 6. The van der Waals surface area contributed by atoms with Crippen LogP contribution in [0.1, 0.15) is 23.6 Å². The molecule has 1 N–H and O–H groups in total. The van der Waals surface area contributed by atoms with Gasteiger partial charge in [-0.3, -0.25) is 0 Å². The lowest BCUT2D eigenvalue weighted by molar-refractivity contribution is 0.215. The third kappa shape index (κ3) is 4.39. The molecular weight excluding hydrogens is 246 g/mol. The summed E-state index contributed by atoms with van der Waals surface area (Å²) in [5, 5.41) is 3.43. The molecule has 0 bridgehead atoms. The highest BCUT2D eigenvalue weighted by atomic mass is 16.5. The van der Waals surface area contributed by atoms with Gasteiger partial charge in [0.15, 0.2) is 0 Å². The van der Waals surface area contributed by atoms with E-state index < -0.39 is 0 Å². The maximum Gasteiger partial charge on any atom is 0.122 e. The number of hydrogen-bond acceptors (Lipinski definition) is 2. The molecule has 0 fully saturated rings. The molecular formula is C18H23NO. The highest BCUT2D eigenvalue weighted by molar-refractivity contribution is 5.36. The van der Waals surface area contributed by atoms with Gasteiger partial charge < -0.3 is 10.1 Å². The third-order valence-electron chi connectivity index (χ3n) is 3.28. The molecule has 2 nitrogen and oxygen atoms in total. The Morgan fingerprint density at radius 3 is 2.55 bits per heavy atom. The van der Waals surface area contributed by atoms with Gasteiger partial charge >= 0.3 is 0 Å². The van der Waals surface area contributed by atoms with Gasteiger partial charge in [0.2, 0.25) is 0 Å². The van der Waals surface area contributed by atoms with Gasteiger partial charge in [0.05, 0.1) is 0 Å². The van der Waals surface area contributed by atoms with Gasteiger partial charge in [-0.25, -0.2) is 0 Å². The fourth-order valence-electron chi connectivity index (χ4n) is 2.11. The zero-order valence-corrected chi connectivity index (χ0v) is 12.5. The molecule has 1 atom stereocenters. The molecule has 0 aliphatic carbocycles. The van der Waals surface area contributed by atoms with Gasteiger partial charge in [-0.15, -0.1) is 0 Å². The Hall–Kier alpha value is -1.80. The summed E-state index contributed by atoms with van der Waals surface area (Å²) < 4.78 is 6.00. The summed E-state index contributed by atoms with van der Waals surface area (Å²) in [5.74, 6) is 0.985. The maximum absolute atomic E-state index is 6.00. The summed E-state index contributed by atoms with van der Waals surface area (Å²) in [7, 11) is 0. The first-order valence-corrected chi connectivity index (χ1v) is 7.13. The Labute approximate surface area is 121 Å². The van der Waals surface area contributed by atoms with E-state index in [0.29, 0.717) is 0 Å². The molecule has 2 rings (SSSR count). The van der Waals surface area contributed by atoms with Crippen LogP contribution in [0.4, 0.5) is 0 Å². The number of benzene rings is 2. The van der Waals surface area contributed by atoms with Crippen molar-refractivity contribution in [2.24, 2.45) is 0 Å². The summed E-state index contributed by atoms with van der Waals surface area (Å²) in [6, 6.07) is 16.7. The lowest BCUT2D eigenvalue weighted by atomic mass is 10.1. The fraction of sp³-hybridized carbons (Fsp3) is 0.333. The van der Waals surface area contributed by atoms with E-state index in [1.165, 1.54) is 16.7 Å². The van der Waals surface area contributed by atoms with E-state index in [0.717, 1.165) is 18.8 Å². The molecule has 20 heavy (non-hydrogen) atoms. The number of hydrogen-bond donors (Lipinski definition) is 1. The summed E-state index contributed by atoms with van der Waals surface area (Å²) in [4.78, 5) is 0. The minimum Gasteiger partial charge on any atom is -0.489 e. The molecule has 0 amide bonds. The molecule has 106 valence electrons. The molecule has 0 saturated heterocycles. The minimum absolute atomic E-state index is 0.152. The lowest BCUT2D eigenvalue weighted by Gasteiger charge is -2.17. The Bertz CT molecular complexity index is 536. The first kappa shape index (κ1) is 14.6. The van der Waals surface area contributed by atoms with Crippen molar-refractivity contribution in [3.8, 4) is 5.75 Å².